The summed E-state index contributed by atoms with van der Waals surface area (Å²) >= 11 is 0. The van der Waals surface area contributed by atoms with Crippen LogP contribution in [0.1, 0.15) is 17.3 Å². The second-order valence-corrected chi connectivity index (χ2v) is 5.49. The minimum absolute atomic E-state index is 0.0172. The Labute approximate surface area is 123 Å². The second kappa shape index (κ2) is 5.65. The lowest BCUT2D eigenvalue weighted by molar-refractivity contribution is -0.141. The number of nitrogens with zero attached hydrogens (tertiary/aromatic N) is 4. The summed E-state index contributed by atoms with van der Waals surface area (Å²) in [4.78, 5) is 22.1. The summed E-state index contributed by atoms with van der Waals surface area (Å²) in [5.74, 6) is -0.205. The minimum Gasteiger partial charge on any atom is -0.481 e. The fourth-order valence-corrected chi connectivity index (χ4v) is 2.95. The van der Waals surface area contributed by atoms with Crippen molar-refractivity contribution in [3.8, 4) is 0 Å². The van der Waals surface area contributed by atoms with Crippen molar-refractivity contribution < 1.29 is 9.90 Å². The van der Waals surface area contributed by atoms with E-state index in [0.29, 0.717) is 13.1 Å². The molecule has 1 saturated heterocycles. The highest BCUT2D eigenvalue weighted by molar-refractivity contribution is 5.72. The van der Waals surface area contributed by atoms with Gasteiger partial charge in [0, 0.05) is 50.8 Å². The second-order valence-electron chi connectivity index (χ2n) is 5.49. The third-order valence-electron chi connectivity index (χ3n) is 4.11. The van der Waals surface area contributed by atoms with Crippen LogP contribution in [0, 0.1) is 5.92 Å². The summed E-state index contributed by atoms with van der Waals surface area (Å²) in [7, 11) is 1.95. The molecule has 1 N–H and O–H groups in total. The molecule has 3 heterocycles. The Morgan fingerprint density at radius 2 is 2.29 bits per heavy atom. The first-order chi connectivity index (χ1) is 10.1. The van der Waals surface area contributed by atoms with Crippen molar-refractivity contribution in [2.45, 2.75) is 12.5 Å². The number of imidazole rings is 1. The van der Waals surface area contributed by atoms with Gasteiger partial charge in [-0.15, -0.1) is 0 Å². The van der Waals surface area contributed by atoms with Gasteiger partial charge in [-0.2, -0.15) is 0 Å². The van der Waals surface area contributed by atoms with Crippen LogP contribution in [-0.4, -0.2) is 43.6 Å². The predicted molar refractivity (Wildman–Crippen MR) is 76.6 cm³/mol. The average Bonchev–Trinajstić information content (AvgIpc) is 3.08. The highest BCUT2D eigenvalue weighted by Crippen LogP contribution is 2.33. The number of aromatic nitrogens is 3. The van der Waals surface area contributed by atoms with Gasteiger partial charge in [0.25, 0.3) is 0 Å². The van der Waals surface area contributed by atoms with Gasteiger partial charge in [-0.05, 0) is 11.6 Å². The lowest BCUT2D eigenvalue weighted by Gasteiger charge is -2.15. The molecule has 6 heteroatoms. The SMILES string of the molecule is Cn1ccnc1CN1C[C@@H](C(=O)O)[C@H](c2cccnc2)C1. The number of hydrogen-bond acceptors (Lipinski definition) is 4. The van der Waals surface area contributed by atoms with Crippen molar-refractivity contribution in [2.75, 3.05) is 13.1 Å². The largest absolute Gasteiger partial charge is 0.481 e. The summed E-state index contributed by atoms with van der Waals surface area (Å²) in [5, 5.41) is 9.48. The van der Waals surface area contributed by atoms with E-state index in [0.717, 1.165) is 17.9 Å². The molecule has 0 aromatic carbocycles. The fourth-order valence-electron chi connectivity index (χ4n) is 2.95. The Bertz CT molecular complexity index is 626. The van der Waals surface area contributed by atoms with Crippen LogP contribution in [0.15, 0.2) is 36.9 Å². The Morgan fingerprint density at radius 3 is 2.90 bits per heavy atom. The van der Waals surface area contributed by atoms with E-state index in [9.17, 15) is 9.90 Å². The van der Waals surface area contributed by atoms with Gasteiger partial charge in [-0.1, -0.05) is 6.07 Å². The molecule has 1 aliphatic rings. The number of aliphatic carboxylic acids is 1. The van der Waals surface area contributed by atoms with Crippen LogP contribution < -0.4 is 0 Å². The maximum atomic E-state index is 11.5. The summed E-state index contributed by atoms with van der Waals surface area (Å²) in [6.07, 6.45) is 7.14. The van der Waals surface area contributed by atoms with Gasteiger partial charge >= 0.3 is 5.97 Å². The fraction of sp³-hybridized carbons (Fsp3) is 0.400. The quantitative estimate of drug-likeness (QED) is 0.912. The van der Waals surface area contributed by atoms with E-state index in [-0.39, 0.29) is 5.92 Å². The standard InChI is InChI=1S/C15H18N4O2/c1-18-6-5-17-14(18)10-19-8-12(13(9-19)15(20)21)11-3-2-4-16-7-11/h2-7,12-13H,8-10H2,1H3,(H,20,21)/t12-,13+/m0/s1. The summed E-state index contributed by atoms with van der Waals surface area (Å²) in [5.41, 5.74) is 0.993. The normalized spacial score (nSPS) is 22.5. The molecule has 3 rings (SSSR count). The monoisotopic (exact) mass is 286 g/mol. The molecule has 2 aromatic rings. The molecule has 0 amide bonds. The molecular weight excluding hydrogens is 268 g/mol. The van der Waals surface area contributed by atoms with Crippen molar-refractivity contribution in [3.05, 3.63) is 48.3 Å². The molecule has 6 nitrogen and oxygen atoms in total. The number of carboxylic acids is 1. The molecule has 0 saturated carbocycles. The zero-order valence-corrected chi connectivity index (χ0v) is 11.9. The number of likely N-dealkylation sites (tertiary alicyclic amines) is 1. The third kappa shape index (κ3) is 2.80. The molecule has 1 fully saturated rings. The van der Waals surface area contributed by atoms with Gasteiger partial charge in [0.15, 0.2) is 0 Å². The number of pyridine rings is 1. The van der Waals surface area contributed by atoms with Crippen molar-refractivity contribution in [3.63, 3.8) is 0 Å². The third-order valence-corrected chi connectivity index (χ3v) is 4.11. The van der Waals surface area contributed by atoms with E-state index in [1.807, 2.05) is 29.9 Å². The lowest BCUT2D eigenvalue weighted by atomic mass is 9.90. The van der Waals surface area contributed by atoms with Crippen molar-refractivity contribution in [1.29, 1.82) is 0 Å². The molecule has 0 unspecified atom stereocenters. The lowest BCUT2D eigenvalue weighted by Crippen LogP contribution is -2.24. The van der Waals surface area contributed by atoms with Gasteiger partial charge < -0.3 is 9.67 Å². The smallest absolute Gasteiger partial charge is 0.308 e. The van der Waals surface area contributed by atoms with Crippen molar-refractivity contribution in [2.24, 2.45) is 13.0 Å². The molecular formula is C15H18N4O2. The van der Waals surface area contributed by atoms with Crippen LogP contribution in [0.2, 0.25) is 0 Å². The van der Waals surface area contributed by atoms with Crippen LogP contribution in [-0.2, 0) is 18.4 Å². The Balaban J connectivity index is 1.78. The molecule has 0 spiro atoms. The van der Waals surface area contributed by atoms with Gasteiger partial charge in [-0.3, -0.25) is 14.7 Å². The molecule has 21 heavy (non-hydrogen) atoms. The first-order valence-electron chi connectivity index (χ1n) is 6.96. The summed E-state index contributed by atoms with van der Waals surface area (Å²) < 4.78 is 1.97. The molecule has 2 atom stereocenters. The molecule has 1 aliphatic heterocycles. The van der Waals surface area contributed by atoms with Crippen LogP contribution in [0.25, 0.3) is 0 Å². The van der Waals surface area contributed by atoms with Crippen molar-refractivity contribution in [1.82, 2.24) is 19.4 Å². The van der Waals surface area contributed by atoms with E-state index in [1.165, 1.54) is 0 Å². The summed E-state index contributed by atoms with van der Waals surface area (Å²) in [6.45, 7) is 1.93. The van der Waals surface area contributed by atoms with Gasteiger partial charge in [0.2, 0.25) is 0 Å². The van der Waals surface area contributed by atoms with Gasteiger partial charge in [0.1, 0.15) is 5.82 Å². The number of carboxylic acid groups (broad SMARTS) is 1. The minimum atomic E-state index is -0.744. The molecule has 2 aromatic heterocycles. The highest BCUT2D eigenvalue weighted by atomic mass is 16.4. The predicted octanol–water partition coefficient (Wildman–Crippen LogP) is 1.12. The summed E-state index contributed by atoms with van der Waals surface area (Å²) in [6, 6.07) is 3.81. The van der Waals surface area contributed by atoms with Crippen molar-refractivity contribution >= 4 is 5.97 Å². The Morgan fingerprint density at radius 1 is 1.43 bits per heavy atom. The Kier molecular flexibility index (Phi) is 3.70. The van der Waals surface area contributed by atoms with Crippen LogP contribution in [0.5, 0.6) is 0 Å². The average molecular weight is 286 g/mol. The Hall–Kier alpha value is -2.21. The van der Waals surface area contributed by atoms with E-state index in [1.54, 1.807) is 18.6 Å². The number of aryl methyl sites for hydroxylation is 1. The van der Waals surface area contributed by atoms with Crippen LogP contribution >= 0.6 is 0 Å². The highest BCUT2D eigenvalue weighted by Gasteiger charge is 2.38. The van der Waals surface area contributed by atoms with E-state index >= 15 is 0 Å². The van der Waals surface area contributed by atoms with E-state index in [2.05, 4.69) is 14.9 Å². The van der Waals surface area contributed by atoms with E-state index in [4.69, 9.17) is 0 Å². The van der Waals surface area contributed by atoms with Crippen LogP contribution in [0.3, 0.4) is 0 Å². The van der Waals surface area contributed by atoms with Gasteiger partial charge in [0.05, 0.1) is 12.5 Å². The van der Waals surface area contributed by atoms with Gasteiger partial charge in [-0.25, -0.2) is 4.98 Å². The molecule has 0 radical (unpaired) electrons. The first kappa shape index (κ1) is 13.8. The molecule has 110 valence electrons. The topological polar surface area (TPSA) is 71.2 Å². The number of hydrogen-bond donors (Lipinski definition) is 1. The molecule has 0 bridgehead atoms. The maximum Gasteiger partial charge on any atom is 0.308 e. The number of carbonyl (C=O) groups is 1. The zero-order valence-electron chi connectivity index (χ0n) is 11.9. The molecule has 0 aliphatic carbocycles. The van der Waals surface area contributed by atoms with Crippen LogP contribution in [0.4, 0.5) is 0 Å². The maximum absolute atomic E-state index is 11.5. The number of rotatable bonds is 4. The zero-order chi connectivity index (χ0) is 14.8. The first-order valence-corrected chi connectivity index (χ1v) is 6.96. The van der Waals surface area contributed by atoms with E-state index < -0.39 is 11.9 Å².